The van der Waals surface area contributed by atoms with Crippen molar-refractivity contribution in [3.63, 3.8) is 0 Å². The van der Waals surface area contributed by atoms with E-state index in [-0.39, 0.29) is 17.4 Å². The largest absolute Gasteiger partial charge is 0.494 e. The van der Waals surface area contributed by atoms with Gasteiger partial charge in [0.25, 0.3) is 5.69 Å². The van der Waals surface area contributed by atoms with Gasteiger partial charge >= 0.3 is 5.97 Å². The summed E-state index contributed by atoms with van der Waals surface area (Å²) < 4.78 is 21.3. The highest BCUT2D eigenvalue weighted by Gasteiger charge is 2.17. The molecule has 34 heavy (non-hydrogen) atoms. The third kappa shape index (κ3) is 6.80. The van der Waals surface area contributed by atoms with Crippen LogP contribution in [-0.2, 0) is 9.53 Å². The molecular weight excluding hydrogens is 444 g/mol. The zero-order chi connectivity index (χ0) is 25.1. The molecule has 11 nitrogen and oxygen atoms in total. The number of nitro groups is 1. The van der Waals surface area contributed by atoms with Gasteiger partial charge in [-0.05, 0) is 26.3 Å². The van der Waals surface area contributed by atoms with Crippen molar-refractivity contribution < 1.29 is 28.7 Å². The van der Waals surface area contributed by atoms with Gasteiger partial charge in [-0.1, -0.05) is 0 Å². The fraction of sp³-hybridized carbons (Fsp3) is 0.435. The second-order valence-corrected chi connectivity index (χ2v) is 7.00. The molecule has 184 valence electrons. The molecule has 0 fully saturated rings. The van der Waals surface area contributed by atoms with E-state index in [9.17, 15) is 14.9 Å². The Morgan fingerprint density at radius 3 is 2.21 bits per heavy atom. The lowest BCUT2D eigenvalue weighted by molar-refractivity contribution is -0.384. The molecule has 0 aliphatic carbocycles. The Morgan fingerprint density at radius 1 is 0.971 bits per heavy atom. The first-order valence-electron chi connectivity index (χ1n) is 10.8. The number of benzene rings is 2. The summed E-state index contributed by atoms with van der Waals surface area (Å²) in [6.07, 6.45) is 0.951. The lowest BCUT2D eigenvalue weighted by Gasteiger charge is -2.25. The van der Waals surface area contributed by atoms with E-state index in [0.29, 0.717) is 55.4 Å². The molecule has 0 radical (unpaired) electrons. The quantitative estimate of drug-likeness (QED) is 0.168. The molecule has 2 aromatic rings. The molecule has 0 aromatic heterocycles. The molecule has 0 bridgehead atoms. The third-order valence-electron chi connectivity index (χ3n) is 4.96. The van der Waals surface area contributed by atoms with E-state index < -0.39 is 4.92 Å². The first kappa shape index (κ1) is 26.4. The molecule has 0 atom stereocenters. The van der Waals surface area contributed by atoms with E-state index >= 15 is 0 Å². The fourth-order valence-corrected chi connectivity index (χ4v) is 3.26. The molecule has 0 N–H and O–H groups in total. The predicted molar refractivity (Wildman–Crippen MR) is 127 cm³/mol. The van der Waals surface area contributed by atoms with Gasteiger partial charge in [0, 0.05) is 37.7 Å². The maximum Gasteiger partial charge on any atom is 0.305 e. The average Bonchev–Trinajstić information content (AvgIpc) is 2.84. The van der Waals surface area contributed by atoms with Gasteiger partial charge in [0.1, 0.15) is 22.9 Å². The van der Waals surface area contributed by atoms with Crippen molar-refractivity contribution in [3.05, 3.63) is 40.4 Å². The van der Waals surface area contributed by atoms with Crippen LogP contribution in [0.3, 0.4) is 0 Å². The zero-order valence-electron chi connectivity index (χ0n) is 20.1. The number of carbonyl (C=O) groups is 1. The van der Waals surface area contributed by atoms with Gasteiger partial charge in [0.15, 0.2) is 5.75 Å². The van der Waals surface area contributed by atoms with Crippen LogP contribution < -0.4 is 19.1 Å². The Hall–Kier alpha value is -3.89. The summed E-state index contributed by atoms with van der Waals surface area (Å²) in [6, 6.07) is 7.57. The van der Waals surface area contributed by atoms with E-state index in [1.807, 2.05) is 6.92 Å². The number of azo groups is 1. The third-order valence-corrected chi connectivity index (χ3v) is 4.96. The summed E-state index contributed by atoms with van der Waals surface area (Å²) >= 11 is 0. The molecule has 11 heteroatoms. The molecule has 0 aliphatic heterocycles. The molecule has 0 saturated heterocycles. The van der Waals surface area contributed by atoms with Crippen LogP contribution in [0.15, 0.2) is 40.6 Å². The summed E-state index contributed by atoms with van der Waals surface area (Å²) in [7, 11) is 4.48. The number of hydrogen-bond acceptors (Lipinski definition) is 10. The molecule has 0 spiro atoms. The van der Waals surface area contributed by atoms with Crippen molar-refractivity contribution in [2.45, 2.75) is 26.7 Å². The minimum atomic E-state index is -0.512. The van der Waals surface area contributed by atoms with Crippen LogP contribution in [0.5, 0.6) is 17.2 Å². The van der Waals surface area contributed by atoms with Gasteiger partial charge in [-0.2, -0.15) is 0 Å². The van der Waals surface area contributed by atoms with Crippen LogP contribution in [0.4, 0.5) is 22.7 Å². The number of nitro benzene ring substituents is 1. The Kier molecular flexibility index (Phi) is 10.1. The first-order chi connectivity index (χ1) is 16.4. The van der Waals surface area contributed by atoms with E-state index in [4.69, 9.17) is 18.9 Å². The Labute approximate surface area is 198 Å². The Bertz CT molecular complexity index is 1030. The second-order valence-electron chi connectivity index (χ2n) is 7.00. The van der Waals surface area contributed by atoms with E-state index in [2.05, 4.69) is 15.1 Å². The summed E-state index contributed by atoms with van der Waals surface area (Å²) in [5.74, 6) is 1.02. The molecule has 0 amide bonds. The lowest BCUT2D eigenvalue weighted by Crippen LogP contribution is -2.25. The van der Waals surface area contributed by atoms with Gasteiger partial charge in [-0.3, -0.25) is 14.9 Å². The minimum Gasteiger partial charge on any atom is -0.494 e. The van der Waals surface area contributed by atoms with Gasteiger partial charge in [-0.25, -0.2) is 0 Å². The summed E-state index contributed by atoms with van der Waals surface area (Å²) in [6.45, 7) is 5.46. The molecule has 0 unspecified atom stereocenters. The predicted octanol–water partition coefficient (Wildman–Crippen LogP) is 5.21. The molecule has 2 aromatic carbocycles. The number of carbonyl (C=O) groups excluding carboxylic acids is 1. The lowest BCUT2D eigenvalue weighted by atomic mass is 10.2. The number of esters is 1. The highest BCUT2D eigenvalue weighted by Crippen LogP contribution is 2.41. The maximum absolute atomic E-state index is 11.7. The van der Waals surface area contributed by atoms with Gasteiger partial charge in [0.2, 0.25) is 0 Å². The summed E-state index contributed by atoms with van der Waals surface area (Å²) in [5, 5.41) is 19.4. The number of ether oxygens (including phenoxy) is 4. The van der Waals surface area contributed by atoms with Crippen molar-refractivity contribution in [2.75, 3.05) is 45.9 Å². The SMILES string of the molecule is CCOC(=O)CCCN(CC)c1cc(OC)c(N=Nc2ccc([N+](=O)[O-])cc2OC)cc1OC. The number of rotatable bonds is 13. The molecule has 0 heterocycles. The normalized spacial score (nSPS) is 10.7. The van der Waals surface area contributed by atoms with Crippen LogP contribution in [0.25, 0.3) is 0 Å². The monoisotopic (exact) mass is 474 g/mol. The second kappa shape index (κ2) is 13.0. The topological polar surface area (TPSA) is 125 Å². The van der Waals surface area contributed by atoms with Gasteiger partial charge < -0.3 is 23.8 Å². The summed E-state index contributed by atoms with van der Waals surface area (Å²) in [4.78, 5) is 24.2. The number of non-ortho nitro benzene ring substituents is 1. The molecular formula is C23H30N4O7. The Balaban J connectivity index is 2.32. The van der Waals surface area contributed by atoms with Crippen LogP contribution in [0, 0.1) is 10.1 Å². The zero-order valence-corrected chi connectivity index (χ0v) is 20.1. The number of nitrogens with zero attached hydrogens (tertiary/aromatic N) is 4. The van der Waals surface area contributed by atoms with Crippen LogP contribution >= 0.6 is 0 Å². The number of hydrogen-bond donors (Lipinski definition) is 0. The smallest absolute Gasteiger partial charge is 0.305 e. The van der Waals surface area contributed by atoms with Gasteiger partial charge in [0.05, 0.1) is 44.6 Å². The maximum atomic E-state index is 11.7. The van der Waals surface area contributed by atoms with Crippen molar-refractivity contribution in [3.8, 4) is 17.2 Å². The first-order valence-corrected chi connectivity index (χ1v) is 10.8. The van der Waals surface area contributed by atoms with Crippen molar-refractivity contribution in [1.29, 1.82) is 0 Å². The average molecular weight is 475 g/mol. The van der Waals surface area contributed by atoms with Crippen LogP contribution in [-0.4, -0.2) is 51.9 Å². The van der Waals surface area contributed by atoms with E-state index in [0.717, 1.165) is 5.69 Å². The van der Waals surface area contributed by atoms with Crippen LogP contribution in [0.1, 0.15) is 26.7 Å². The number of anilines is 1. The Morgan fingerprint density at radius 2 is 1.62 bits per heavy atom. The highest BCUT2D eigenvalue weighted by atomic mass is 16.6. The van der Waals surface area contributed by atoms with E-state index in [1.165, 1.54) is 32.4 Å². The standard InChI is InChI=1S/C23H30N4O7/c1-6-26(12-8-9-23(28)34-7-2)19-15-21(32-4)18(14-22(19)33-5)25-24-17-11-10-16(27(29)30)13-20(17)31-3/h10-11,13-15H,6-9,12H2,1-5H3. The molecule has 0 aliphatic rings. The van der Waals surface area contributed by atoms with Crippen molar-refractivity contribution in [2.24, 2.45) is 10.2 Å². The summed E-state index contributed by atoms with van der Waals surface area (Å²) in [5.41, 5.74) is 1.41. The van der Waals surface area contributed by atoms with Crippen LogP contribution in [0.2, 0.25) is 0 Å². The highest BCUT2D eigenvalue weighted by molar-refractivity contribution is 5.71. The molecule has 0 saturated carbocycles. The van der Waals surface area contributed by atoms with E-state index in [1.54, 1.807) is 26.2 Å². The minimum absolute atomic E-state index is 0.109. The number of methoxy groups -OCH3 is 3. The fourth-order valence-electron chi connectivity index (χ4n) is 3.26. The van der Waals surface area contributed by atoms with Crippen molar-refractivity contribution in [1.82, 2.24) is 0 Å². The van der Waals surface area contributed by atoms with Gasteiger partial charge in [-0.15, -0.1) is 10.2 Å². The van der Waals surface area contributed by atoms with Crippen molar-refractivity contribution >= 4 is 28.7 Å². The molecule has 2 rings (SSSR count).